The third-order valence-electron chi connectivity index (χ3n) is 10.7. The highest BCUT2D eigenvalue weighted by Crippen LogP contribution is 2.17. The fourth-order valence-corrected chi connectivity index (χ4v) is 7.32. The van der Waals surface area contributed by atoms with Gasteiger partial charge in [-0.1, -0.05) is 264 Å². The van der Waals surface area contributed by atoms with E-state index in [-0.39, 0.29) is 5.97 Å². The first-order valence-corrected chi connectivity index (χ1v) is 23.0. The van der Waals surface area contributed by atoms with Gasteiger partial charge in [-0.05, 0) is 12.8 Å². The van der Waals surface area contributed by atoms with E-state index in [0.717, 1.165) is 12.8 Å². The quantitative estimate of drug-likeness (QED) is 0.0474. The first-order valence-electron chi connectivity index (χ1n) is 23.0. The maximum absolute atomic E-state index is 12.0. The van der Waals surface area contributed by atoms with Gasteiger partial charge in [0.25, 0.3) is 0 Å². The molecule has 0 spiro atoms. The predicted molar refractivity (Wildman–Crippen MR) is 216 cm³/mol. The molecule has 0 aromatic rings. The molecule has 0 saturated heterocycles. The number of hydrogen-bond acceptors (Lipinski definition) is 2. The maximum Gasteiger partial charge on any atom is 0.305 e. The van der Waals surface area contributed by atoms with Crippen LogP contribution in [0.3, 0.4) is 0 Å². The van der Waals surface area contributed by atoms with Gasteiger partial charge in [-0.2, -0.15) is 0 Å². The molecule has 48 heavy (non-hydrogen) atoms. The highest BCUT2D eigenvalue weighted by molar-refractivity contribution is 5.69. The highest BCUT2D eigenvalue weighted by atomic mass is 16.5. The van der Waals surface area contributed by atoms with Crippen molar-refractivity contribution in [2.45, 2.75) is 284 Å². The second kappa shape index (κ2) is 44.5. The summed E-state index contributed by atoms with van der Waals surface area (Å²) < 4.78 is 5.48. The number of rotatable bonds is 43. The topological polar surface area (TPSA) is 26.3 Å². The lowest BCUT2D eigenvalue weighted by atomic mass is 10.0. The van der Waals surface area contributed by atoms with Crippen molar-refractivity contribution in [2.24, 2.45) is 0 Å². The van der Waals surface area contributed by atoms with Crippen LogP contribution in [-0.4, -0.2) is 12.6 Å². The van der Waals surface area contributed by atoms with Crippen molar-refractivity contribution in [1.29, 1.82) is 0 Å². The van der Waals surface area contributed by atoms with Gasteiger partial charge in [0.15, 0.2) is 0 Å². The van der Waals surface area contributed by atoms with Crippen molar-refractivity contribution >= 4 is 5.97 Å². The Hall–Kier alpha value is -0.530. The van der Waals surface area contributed by atoms with Crippen molar-refractivity contribution < 1.29 is 9.53 Å². The first-order chi connectivity index (χ1) is 23.8. The minimum Gasteiger partial charge on any atom is -0.466 e. The summed E-state index contributed by atoms with van der Waals surface area (Å²) in [7, 11) is 0. The molecular weight excluding hydrogens is 585 g/mol. The number of unbranched alkanes of at least 4 members (excludes halogenated alkanes) is 39. The van der Waals surface area contributed by atoms with Gasteiger partial charge < -0.3 is 4.74 Å². The first kappa shape index (κ1) is 47.5. The molecule has 288 valence electrons. The number of ether oxygens (including phenoxy) is 1. The van der Waals surface area contributed by atoms with Crippen molar-refractivity contribution in [1.82, 2.24) is 0 Å². The van der Waals surface area contributed by atoms with Crippen molar-refractivity contribution in [3.05, 3.63) is 0 Å². The van der Waals surface area contributed by atoms with Crippen LogP contribution in [0.2, 0.25) is 0 Å². The largest absolute Gasteiger partial charge is 0.466 e. The summed E-state index contributed by atoms with van der Waals surface area (Å²) in [5.74, 6) is 0.0329. The molecule has 0 bridgehead atoms. The smallest absolute Gasteiger partial charge is 0.305 e. The van der Waals surface area contributed by atoms with Crippen molar-refractivity contribution in [3.8, 4) is 0 Å². The van der Waals surface area contributed by atoms with Crippen LogP contribution in [0, 0.1) is 0 Å². The maximum atomic E-state index is 12.0. The SMILES string of the molecule is CCCCCCCCCCCCCCCCCCCCCCCCC(=O)OCCCCCCCCCCCCCCCCCCCCC. The lowest BCUT2D eigenvalue weighted by Gasteiger charge is -2.06. The average Bonchev–Trinajstić information content (AvgIpc) is 3.09. The monoisotopic (exact) mass is 677 g/mol. The van der Waals surface area contributed by atoms with Crippen LogP contribution in [0.4, 0.5) is 0 Å². The molecular formula is C46H92O2. The third-order valence-corrected chi connectivity index (χ3v) is 10.7. The summed E-state index contributed by atoms with van der Waals surface area (Å²) in [6.07, 6.45) is 57.9. The molecule has 0 radical (unpaired) electrons. The Balaban J connectivity index is 3.14. The van der Waals surface area contributed by atoms with Crippen molar-refractivity contribution in [3.63, 3.8) is 0 Å². The lowest BCUT2D eigenvalue weighted by Crippen LogP contribution is -2.05. The number of esters is 1. The molecule has 0 aliphatic carbocycles. The summed E-state index contributed by atoms with van der Waals surface area (Å²) in [4.78, 5) is 12.0. The van der Waals surface area contributed by atoms with Gasteiger partial charge in [0, 0.05) is 6.42 Å². The van der Waals surface area contributed by atoms with Crippen LogP contribution in [0.1, 0.15) is 284 Å². The Kier molecular flexibility index (Phi) is 44.0. The molecule has 2 heteroatoms. The minimum absolute atomic E-state index is 0.0329. The number of carbonyl (C=O) groups excluding carboxylic acids is 1. The van der Waals surface area contributed by atoms with E-state index in [4.69, 9.17) is 4.74 Å². The van der Waals surface area contributed by atoms with Crippen LogP contribution < -0.4 is 0 Å². The standard InChI is InChI=1S/C46H92O2/c1-3-5-7-9-11-13-15-17-19-21-23-24-25-26-28-30-32-34-36-38-40-42-44-46(47)48-45-43-41-39-37-35-33-31-29-27-22-20-18-16-14-12-10-8-6-4-2/h3-45H2,1-2H3. The highest BCUT2D eigenvalue weighted by Gasteiger charge is 2.03. The molecule has 0 fully saturated rings. The van der Waals surface area contributed by atoms with Crippen LogP contribution >= 0.6 is 0 Å². The second-order valence-corrected chi connectivity index (χ2v) is 15.8. The predicted octanol–water partition coefficient (Wildman–Crippen LogP) is 17.0. The number of carbonyl (C=O) groups is 1. The minimum atomic E-state index is 0.0329. The molecule has 0 unspecified atom stereocenters. The molecule has 0 amide bonds. The zero-order chi connectivity index (χ0) is 34.7. The fourth-order valence-electron chi connectivity index (χ4n) is 7.32. The van der Waals surface area contributed by atoms with Crippen molar-refractivity contribution in [2.75, 3.05) is 6.61 Å². The van der Waals surface area contributed by atoms with Gasteiger partial charge in [-0.25, -0.2) is 0 Å². The van der Waals surface area contributed by atoms with E-state index in [1.807, 2.05) is 0 Å². The Morgan fingerprint density at radius 2 is 0.458 bits per heavy atom. The number of hydrogen-bond donors (Lipinski definition) is 0. The zero-order valence-corrected chi connectivity index (χ0v) is 33.7. The Labute approximate surface area is 304 Å². The van der Waals surface area contributed by atoms with Crippen LogP contribution in [0.15, 0.2) is 0 Å². The lowest BCUT2D eigenvalue weighted by molar-refractivity contribution is -0.143. The Morgan fingerprint density at radius 1 is 0.271 bits per heavy atom. The molecule has 0 N–H and O–H groups in total. The Bertz CT molecular complexity index is 572. The zero-order valence-electron chi connectivity index (χ0n) is 33.7. The second-order valence-electron chi connectivity index (χ2n) is 15.8. The van der Waals surface area contributed by atoms with Gasteiger partial charge in [-0.15, -0.1) is 0 Å². The fraction of sp³-hybridized carbons (Fsp3) is 0.978. The summed E-state index contributed by atoms with van der Waals surface area (Å²) in [6, 6.07) is 0. The Morgan fingerprint density at radius 3 is 0.688 bits per heavy atom. The molecule has 0 heterocycles. The van der Waals surface area contributed by atoms with Gasteiger partial charge in [0.05, 0.1) is 6.61 Å². The third kappa shape index (κ3) is 43.5. The van der Waals surface area contributed by atoms with E-state index in [9.17, 15) is 4.79 Å². The summed E-state index contributed by atoms with van der Waals surface area (Å²) in [5, 5.41) is 0. The van der Waals surface area contributed by atoms with Gasteiger partial charge in [-0.3, -0.25) is 4.79 Å². The van der Waals surface area contributed by atoms with E-state index in [1.54, 1.807) is 0 Å². The average molecular weight is 677 g/mol. The molecule has 0 aromatic heterocycles. The summed E-state index contributed by atoms with van der Waals surface area (Å²) in [5.41, 5.74) is 0. The molecule has 2 nitrogen and oxygen atoms in total. The molecule has 0 aliphatic heterocycles. The van der Waals surface area contributed by atoms with E-state index in [0.29, 0.717) is 13.0 Å². The molecule has 0 atom stereocenters. The summed E-state index contributed by atoms with van der Waals surface area (Å²) >= 11 is 0. The van der Waals surface area contributed by atoms with Gasteiger partial charge >= 0.3 is 5.97 Å². The normalized spacial score (nSPS) is 11.5. The van der Waals surface area contributed by atoms with E-state index in [1.165, 1.54) is 250 Å². The van der Waals surface area contributed by atoms with Gasteiger partial charge in [0.1, 0.15) is 0 Å². The van der Waals surface area contributed by atoms with Crippen LogP contribution in [0.25, 0.3) is 0 Å². The molecule has 0 rings (SSSR count). The van der Waals surface area contributed by atoms with E-state index < -0.39 is 0 Å². The van der Waals surface area contributed by atoms with E-state index in [2.05, 4.69) is 13.8 Å². The molecule has 0 saturated carbocycles. The molecule has 0 aliphatic rings. The van der Waals surface area contributed by atoms with Gasteiger partial charge in [0.2, 0.25) is 0 Å². The molecule has 0 aromatic carbocycles. The van der Waals surface area contributed by atoms with Crippen LogP contribution in [-0.2, 0) is 9.53 Å². The van der Waals surface area contributed by atoms with E-state index >= 15 is 0 Å². The van der Waals surface area contributed by atoms with Crippen LogP contribution in [0.5, 0.6) is 0 Å². The summed E-state index contributed by atoms with van der Waals surface area (Å²) in [6.45, 7) is 5.24.